The van der Waals surface area contributed by atoms with Gasteiger partial charge >= 0.3 is 0 Å². The molecular weight excluding hydrogens is 246 g/mol. The predicted molar refractivity (Wildman–Crippen MR) is 73.6 cm³/mol. The second-order valence-corrected chi connectivity index (χ2v) is 6.93. The van der Waals surface area contributed by atoms with Crippen LogP contribution in [0.15, 0.2) is 0 Å². The summed E-state index contributed by atoms with van der Waals surface area (Å²) in [5.74, 6) is 3.82. The fraction of sp³-hybridized carbons (Fsp3) is 0.933. The van der Waals surface area contributed by atoms with Gasteiger partial charge in [0.25, 0.3) is 0 Å². The number of halogens is 1. The molecule has 0 aromatic carbocycles. The van der Waals surface area contributed by atoms with Crippen molar-refractivity contribution in [2.45, 2.75) is 44.9 Å². The number of carbonyl (C=O) groups is 1. The molecule has 1 aliphatic heterocycles. The molecule has 0 N–H and O–H groups in total. The van der Waals surface area contributed by atoms with E-state index in [-0.39, 0.29) is 0 Å². The van der Waals surface area contributed by atoms with Gasteiger partial charge in [-0.2, -0.15) is 0 Å². The first-order valence-corrected chi connectivity index (χ1v) is 8.16. The summed E-state index contributed by atoms with van der Waals surface area (Å²) in [5, 5.41) is 0. The lowest BCUT2D eigenvalue weighted by Gasteiger charge is -2.36. The van der Waals surface area contributed by atoms with E-state index in [1.54, 1.807) is 0 Å². The molecule has 3 aliphatic rings. The zero-order chi connectivity index (χ0) is 12.5. The summed E-state index contributed by atoms with van der Waals surface area (Å²) in [4.78, 5) is 14.8. The summed E-state index contributed by atoms with van der Waals surface area (Å²) < 4.78 is 0. The second-order valence-electron chi connectivity index (χ2n) is 6.55. The molecule has 2 saturated carbocycles. The maximum atomic E-state index is 12.6. The molecule has 1 saturated heterocycles. The van der Waals surface area contributed by atoms with Crippen LogP contribution in [0.5, 0.6) is 0 Å². The molecule has 0 aromatic heterocycles. The van der Waals surface area contributed by atoms with Gasteiger partial charge in [-0.3, -0.25) is 4.79 Å². The van der Waals surface area contributed by atoms with Crippen LogP contribution >= 0.6 is 11.6 Å². The van der Waals surface area contributed by atoms with Crippen molar-refractivity contribution in [3.63, 3.8) is 0 Å². The lowest BCUT2D eigenvalue weighted by Crippen LogP contribution is -2.44. The number of rotatable bonds is 3. The topological polar surface area (TPSA) is 20.3 Å². The molecule has 3 heteroatoms. The number of amides is 1. The zero-order valence-corrected chi connectivity index (χ0v) is 11.9. The molecule has 2 bridgehead atoms. The van der Waals surface area contributed by atoms with Gasteiger partial charge in [-0.15, -0.1) is 11.6 Å². The summed E-state index contributed by atoms with van der Waals surface area (Å²) in [6.07, 6.45) is 8.70. The number of likely N-dealkylation sites (tertiary alicyclic amines) is 1. The molecule has 4 atom stereocenters. The van der Waals surface area contributed by atoms with Gasteiger partial charge in [0.2, 0.25) is 5.91 Å². The largest absolute Gasteiger partial charge is 0.342 e. The Hall–Kier alpha value is -0.240. The Morgan fingerprint density at radius 3 is 2.78 bits per heavy atom. The molecule has 18 heavy (non-hydrogen) atoms. The minimum absolute atomic E-state index is 0.374. The quantitative estimate of drug-likeness (QED) is 0.720. The van der Waals surface area contributed by atoms with Crippen molar-refractivity contribution in [2.75, 3.05) is 19.0 Å². The first kappa shape index (κ1) is 12.8. The molecule has 4 unspecified atom stereocenters. The lowest BCUT2D eigenvalue weighted by atomic mass is 9.86. The highest BCUT2D eigenvalue weighted by Crippen LogP contribution is 2.49. The number of hydrogen-bond donors (Lipinski definition) is 0. The van der Waals surface area contributed by atoms with Gasteiger partial charge in [0, 0.05) is 24.9 Å². The average Bonchev–Trinajstić information content (AvgIpc) is 3.01. The molecule has 1 amide bonds. The highest BCUT2D eigenvalue weighted by atomic mass is 35.5. The number of alkyl halides is 1. The minimum Gasteiger partial charge on any atom is -0.342 e. The standard InChI is InChI=1S/C15H24ClNO/c16-6-5-11-2-1-7-17(10-11)15(18)14-9-12-3-4-13(14)8-12/h11-14H,1-10H2. The van der Waals surface area contributed by atoms with Gasteiger partial charge < -0.3 is 4.90 Å². The lowest BCUT2D eigenvalue weighted by molar-refractivity contribution is -0.139. The van der Waals surface area contributed by atoms with Crippen molar-refractivity contribution in [3.05, 3.63) is 0 Å². The van der Waals surface area contributed by atoms with Crippen LogP contribution in [0.25, 0.3) is 0 Å². The summed E-state index contributed by atoms with van der Waals surface area (Å²) in [5.41, 5.74) is 0. The van der Waals surface area contributed by atoms with Gasteiger partial charge in [0.1, 0.15) is 0 Å². The average molecular weight is 270 g/mol. The fourth-order valence-electron chi connectivity index (χ4n) is 4.44. The third-order valence-corrected chi connectivity index (χ3v) is 5.62. The van der Waals surface area contributed by atoms with Crippen molar-refractivity contribution in [3.8, 4) is 0 Å². The SMILES string of the molecule is O=C(C1CC2CCC1C2)N1CCCC(CCCl)C1. The Labute approximate surface area is 115 Å². The monoisotopic (exact) mass is 269 g/mol. The Bertz CT molecular complexity index is 318. The molecule has 0 radical (unpaired) electrons. The zero-order valence-electron chi connectivity index (χ0n) is 11.1. The van der Waals surface area contributed by atoms with E-state index < -0.39 is 0 Å². The first-order valence-electron chi connectivity index (χ1n) is 7.62. The number of piperidine rings is 1. The normalized spacial score (nSPS) is 39.3. The van der Waals surface area contributed by atoms with Crippen molar-refractivity contribution < 1.29 is 4.79 Å². The molecule has 0 spiro atoms. The van der Waals surface area contributed by atoms with Gasteiger partial charge in [-0.25, -0.2) is 0 Å². The van der Waals surface area contributed by atoms with Crippen LogP contribution in [0.4, 0.5) is 0 Å². The van der Waals surface area contributed by atoms with Crippen molar-refractivity contribution in [2.24, 2.45) is 23.7 Å². The van der Waals surface area contributed by atoms with E-state index in [0.717, 1.165) is 37.2 Å². The van der Waals surface area contributed by atoms with E-state index in [1.807, 2.05) is 0 Å². The predicted octanol–water partition coefficient (Wildman–Crippen LogP) is 3.29. The number of carbonyl (C=O) groups excluding carboxylic acids is 1. The number of fused-ring (bicyclic) bond motifs is 2. The molecular formula is C15H24ClNO. The molecule has 0 aromatic rings. The van der Waals surface area contributed by atoms with Crippen LogP contribution in [0, 0.1) is 23.7 Å². The Morgan fingerprint density at radius 1 is 1.22 bits per heavy atom. The first-order chi connectivity index (χ1) is 8.78. The van der Waals surface area contributed by atoms with Crippen molar-refractivity contribution in [1.82, 2.24) is 4.90 Å². The van der Waals surface area contributed by atoms with E-state index >= 15 is 0 Å². The van der Waals surface area contributed by atoms with E-state index in [0.29, 0.717) is 17.7 Å². The van der Waals surface area contributed by atoms with E-state index in [4.69, 9.17) is 11.6 Å². The summed E-state index contributed by atoms with van der Waals surface area (Å²) in [6, 6.07) is 0. The van der Waals surface area contributed by atoms with Crippen LogP contribution in [-0.4, -0.2) is 29.8 Å². The highest BCUT2D eigenvalue weighted by molar-refractivity contribution is 6.17. The number of nitrogens with zero attached hydrogens (tertiary/aromatic N) is 1. The van der Waals surface area contributed by atoms with Gasteiger partial charge in [0.05, 0.1) is 0 Å². The van der Waals surface area contributed by atoms with Crippen LogP contribution in [0.2, 0.25) is 0 Å². The smallest absolute Gasteiger partial charge is 0.225 e. The summed E-state index contributed by atoms with van der Waals surface area (Å²) >= 11 is 5.84. The van der Waals surface area contributed by atoms with Crippen LogP contribution in [0.1, 0.15) is 44.9 Å². The number of hydrogen-bond acceptors (Lipinski definition) is 1. The fourth-order valence-corrected chi connectivity index (χ4v) is 4.75. The Kier molecular flexibility index (Phi) is 3.83. The van der Waals surface area contributed by atoms with E-state index in [2.05, 4.69) is 4.90 Å². The van der Waals surface area contributed by atoms with Crippen LogP contribution in [-0.2, 0) is 4.79 Å². The van der Waals surface area contributed by atoms with Crippen molar-refractivity contribution >= 4 is 17.5 Å². The summed E-state index contributed by atoms with van der Waals surface area (Å²) in [7, 11) is 0. The summed E-state index contributed by atoms with van der Waals surface area (Å²) in [6.45, 7) is 1.96. The minimum atomic E-state index is 0.374. The van der Waals surface area contributed by atoms with Crippen molar-refractivity contribution in [1.29, 1.82) is 0 Å². The molecule has 3 rings (SSSR count). The highest BCUT2D eigenvalue weighted by Gasteiger charge is 2.44. The molecule has 1 heterocycles. The maximum Gasteiger partial charge on any atom is 0.225 e. The van der Waals surface area contributed by atoms with Gasteiger partial charge in [-0.05, 0) is 56.3 Å². The molecule has 2 nitrogen and oxygen atoms in total. The van der Waals surface area contributed by atoms with Gasteiger partial charge in [-0.1, -0.05) is 6.42 Å². The second kappa shape index (κ2) is 5.40. The Balaban J connectivity index is 1.58. The Morgan fingerprint density at radius 2 is 2.11 bits per heavy atom. The molecule has 3 fully saturated rings. The van der Waals surface area contributed by atoms with E-state index in [1.165, 1.54) is 38.5 Å². The van der Waals surface area contributed by atoms with E-state index in [9.17, 15) is 4.79 Å². The third kappa shape index (κ3) is 2.41. The van der Waals surface area contributed by atoms with Gasteiger partial charge in [0.15, 0.2) is 0 Å². The maximum absolute atomic E-state index is 12.6. The third-order valence-electron chi connectivity index (χ3n) is 5.40. The van der Waals surface area contributed by atoms with Crippen LogP contribution < -0.4 is 0 Å². The molecule has 102 valence electrons. The molecule has 2 aliphatic carbocycles. The van der Waals surface area contributed by atoms with Crippen LogP contribution in [0.3, 0.4) is 0 Å².